The van der Waals surface area contributed by atoms with E-state index in [1.54, 1.807) is 0 Å². The number of halogens is 3. The monoisotopic (exact) mass is 339 g/mol. The summed E-state index contributed by atoms with van der Waals surface area (Å²) >= 11 is 0. The summed E-state index contributed by atoms with van der Waals surface area (Å²) in [4.78, 5) is 12.5. The molecule has 1 rings (SSSR count). The van der Waals surface area contributed by atoms with Crippen molar-refractivity contribution in [3.63, 3.8) is 0 Å². The van der Waals surface area contributed by atoms with E-state index in [4.69, 9.17) is 10.7 Å². The molecule has 0 aliphatic rings. The lowest BCUT2D eigenvalue weighted by Gasteiger charge is -2.26. The highest BCUT2D eigenvalue weighted by Crippen LogP contribution is 2.24. The Morgan fingerprint density at radius 2 is 1.76 bits per heavy atom. The molecule has 21 heavy (non-hydrogen) atoms. The summed E-state index contributed by atoms with van der Waals surface area (Å²) in [7, 11) is 2.11. The van der Waals surface area contributed by atoms with Gasteiger partial charge in [-0.15, -0.1) is 0 Å². The molecular formula is C13H16ClF2NO3S. The van der Waals surface area contributed by atoms with Crippen LogP contribution in [0.25, 0.3) is 0 Å². The predicted octanol–water partition coefficient (Wildman–Crippen LogP) is 3.01. The molecule has 1 aromatic carbocycles. The predicted molar refractivity (Wildman–Crippen MR) is 75.8 cm³/mol. The highest BCUT2D eigenvalue weighted by molar-refractivity contribution is 8.13. The van der Waals surface area contributed by atoms with Crippen molar-refractivity contribution >= 4 is 25.6 Å². The second kappa shape index (κ2) is 5.88. The molecule has 0 aromatic heterocycles. The van der Waals surface area contributed by atoms with E-state index in [1.807, 2.05) is 20.8 Å². The molecule has 8 heteroatoms. The Bertz CT molecular complexity index is 669. The fourth-order valence-electron chi connectivity index (χ4n) is 1.87. The molecule has 0 heterocycles. The topological polar surface area (TPSA) is 54.5 Å². The van der Waals surface area contributed by atoms with Crippen molar-refractivity contribution in [1.82, 2.24) is 4.90 Å². The maximum atomic E-state index is 13.7. The number of benzene rings is 1. The number of rotatable bonds is 3. The molecule has 4 nitrogen and oxygen atoms in total. The average molecular weight is 340 g/mol. The summed E-state index contributed by atoms with van der Waals surface area (Å²) in [6.45, 7) is 5.96. The van der Waals surface area contributed by atoms with Crippen LogP contribution in [0.5, 0.6) is 0 Å². The quantitative estimate of drug-likeness (QED) is 0.795. The highest BCUT2D eigenvalue weighted by Gasteiger charge is 2.26. The molecule has 0 unspecified atom stereocenters. The Hall–Kier alpha value is -1.21. The van der Waals surface area contributed by atoms with Gasteiger partial charge in [-0.3, -0.25) is 4.79 Å². The van der Waals surface area contributed by atoms with Gasteiger partial charge in [0.2, 0.25) is 0 Å². The SMILES string of the molecule is CN(CC(C)(C)C)C(=O)c1cc(S(=O)(=O)Cl)c(F)cc1F. The molecule has 0 spiro atoms. The molecule has 0 aliphatic heterocycles. The smallest absolute Gasteiger partial charge is 0.264 e. The van der Waals surface area contributed by atoms with Crippen LogP contribution >= 0.6 is 10.7 Å². The number of hydrogen-bond acceptors (Lipinski definition) is 3. The van der Waals surface area contributed by atoms with Crippen molar-refractivity contribution in [1.29, 1.82) is 0 Å². The van der Waals surface area contributed by atoms with Crippen LogP contribution in [0.15, 0.2) is 17.0 Å². The number of hydrogen-bond donors (Lipinski definition) is 0. The minimum Gasteiger partial charge on any atom is -0.341 e. The summed E-state index contributed by atoms with van der Waals surface area (Å²) in [5, 5.41) is 0. The average Bonchev–Trinajstić information content (AvgIpc) is 2.23. The molecule has 1 amide bonds. The second-order valence-electron chi connectivity index (χ2n) is 5.92. The Kier molecular flexibility index (Phi) is 5.00. The zero-order valence-electron chi connectivity index (χ0n) is 12.1. The third-order valence-electron chi connectivity index (χ3n) is 2.57. The lowest BCUT2D eigenvalue weighted by Crippen LogP contribution is -2.35. The first-order valence-corrected chi connectivity index (χ1v) is 8.33. The molecule has 0 bridgehead atoms. The molecule has 0 atom stereocenters. The van der Waals surface area contributed by atoms with Crippen molar-refractivity contribution in [3.05, 3.63) is 29.3 Å². The number of carbonyl (C=O) groups excluding carboxylic acids is 1. The number of nitrogens with zero attached hydrogens (tertiary/aromatic N) is 1. The summed E-state index contributed by atoms with van der Waals surface area (Å²) in [6.07, 6.45) is 0. The summed E-state index contributed by atoms with van der Waals surface area (Å²) in [5.41, 5.74) is -0.773. The third-order valence-corrected chi connectivity index (χ3v) is 3.91. The molecule has 0 saturated carbocycles. The van der Waals surface area contributed by atoms with Gasteiger partial charge in [-0.2, -0.15) is 0 Å². The van der Waals surface area contributed by atoms with E-state index in [-0.39, 0.29) is 5.41 Å². The highest BCUT2D eigenvalue weighted by atomic mass is 35.7. The van der Waals surface area contributed by atoms with Crippen molar-refractivity contribution in [3.8, 4) is 0 Å². The van der Waals surface area contributed by atoms with E-state index in [2.05, 4.69) is 0 Å². The zero-order valence-corrected chi connectivity index (χ0v) is 13.6. The Morgan fingerprint density at radius 3 is 2.19 bits per heavy atom. The van der Waals surface area contributed by atoms with Gasteiger partial charge in [0.1, 0.15) is 16.5 Å². The molecule has 0 saturated heterocycles. The van der Waals surface area contributed by atoms with E-state index in [9.17, 15) is 22.0 Å². The minimum atomic E-state index is -4.41. The van der Waals surface area contributed by atoms with Crippen molar-refractivity contribution < 1.29 is 22.0 Å². The Labute approximate surface area is 127 Å². The van der Waals surface area contributed by atoms with E-state index in [0.29, 0.717) is 18.7 Å². The standard InChI is InChI=1S/C13H16ClF2NO3S/c1-13(2,3)7-17(4)12(18)8-5-11(21(14,19)20)10(16)6-9(8)15/h5-6H,7H2,1-4H3. The van der Waals surface area contributed by atoms with Gasteiger partial charge in [0.25, 0.3) is 15.0 Å². The summed E-state index contributed by atoms with van der Waals surface area (Å²) < 4.78 is 49.6. The molecule has 0 aliphatic carbocycles. The first-order chi connectivity index (χ1) is 9.33. The fraction of sp³-hybridized carbons (Fsp3) is 0.462. The van der Waals surface area contributed by atoms with Gasteiger partial charge >= 0.3 is 0 Å². The van der Waals surface area contributed by atoms with Crippen LogP contribution < -0.4 is 0 Å². The second-order valence-corrected chi connectivity index (χ2v) is 8.46. The Morgan fingerprint density at radius 1 is 1.24 bits per heavy atom. The third kappa shape index (κ3) is 4.64. The van der Waals surface area contributed by atoms with Crippen molar-refractivity contribution in [2.24, 2.45) is 5.41 Å². The van der Waals surface area contributed by atoms with Gasteiger partial charge in [0.15, 0.2) is 0 Å². The normalized spacial score (nSPS) is 12.3. The maximum Gasteiger partial charge on any atom is 0.264 e. The van der Waals surface area contributed by atoms with Gasteiger partial charge < -0.3 is 4.90 Å². The van der Waals surface area contributed by atoms with Gasteiger partial charge in [-0.05, 0) is 11.5 Å². The Balaban J connectivity index is 3.28. The first-order valence-electron chi connectivity index (χ1n) is 6.02. The number of amides is 1. The molecule has 1 aromatic rings. The van der Waals surface area contributed by atoms with Crippen molar-refractivity contribution in [2.75, 3.05) is 13.6 Å². The molecule has 118 valence electrons. The van der Waals surface area contributed by atoms with Crippen LogP contribution in [0.3, 0.4) is 0 Å². The van der Waals surface area contributed by atoms with E-state index >= 15 is 0 Å². The van der Waals surface area contributed by atoms with Gasteiger partial charge in [0.05, 0.1) is 5.56 Å². The first kappa shape index (κ1) is 17.8. The van der Waals surface area contributed by atoms with Crippen molar-refractivity contribution in [2.45, 2.75) is 25.7 Å². The van der Waals surface area contributed by atoms with E-state index < -0.39 is 37.1 Å². The van der Waals surface area contributed by atoms with E-state index in [0.717, 1.165) is 0 Å². The summed E-state index contributed by atoms with van der Waals surface area (Å²) in [6, 6.07) is 0.960. The maximum absolute atomic E-state index is 13.7. The van der Waals surface area contributed by atoms with Crippen LogP contribution in [0.4, 0.5) is 8.78 Å². The fourth-order valence-corrected chi connectivity index (χ4v) is 2.77. The van der Waals surface area contributed by atoms with Gasteiger partial charge in [0, 0.05) is 30.3 Å². The lowest BCUT2D eigenvalue weighted by molar-refractivity contribution is 0.0740. The molecule has 0 N–H and O–H groups in total. The summed E-state index contributed by atoms with van der Waals surface area (Å²) in [5.74, 6) is -3.22. The largest absolute Gasteiger partial charge is 0.341 e. The lowest BCUT2D eigenvalue weighted by atomic mass is 9.96. The van der Waals surface area contributed by atoms with Crippen LogP contribution in [-0.2, 0) is 9.05 Å². The van der Waals surface area contributed by atoms with Crippen LogP contribution in [0.2, 0.25) is 0 Å². The van der Waals surface area contributed by atoms with Crippen LogP contribution in [0.1, 0.15) is 31.1 Å². The molecule has 0 radical (unpaired) electrons. The van der Waals surface area contributed by atoms with Crippen LogP contribution in [-0.4, -0.2) is 32.8 Å². The van der Waals surface area contributed by atoms with Gasteiger partial charge in [-0.1, -0.05) is 20.8 Å². The molecule has 0 fully saturated rings. The molecular weight excluding hydrogens is 324 g/mol. The van der Waals surface area contributed by atoms with Gasteiger partial charge in [-0.25, -0.2) is 17.2 Å². The van der Waals surface area contributed by atoms with E-state index in [1.165, 1.54) is 11.9 Å². The van der Waals surface area contributed by atoms with Crippen LogP contribution in [0, 0.1) is 17.0 Å². The number of carbonyl (C=O) groups is 1. The minimum absolute atomic E-state index is 0.234. The zero-order chi connectivity index (χ0) is 16.6.